The number of hydrogen-bond acceptors (Lipinski definition) is 3. The van der Waals surface area contributed by atoms with Gasteiger partial charge in [0.05, 0.1) is 0 Å². The highest BCUT2D eigenvalue weighted by molar-refractivity contribution is 7.99. The second-order valence-electron chi connectivity index (χ2n) is 6.28. The zero-order valence-corrected chi connectivity index (χ0v) is 12.2. The van der Waals surface area contributed by atoms with Gasteiger partial charge in [-0.15, -0.1) is 0 Å². The molecule has 1 N–H and O–H groups in total. The van der Waals surface area contributed by atoms with E-state index in [4.69, 9.17) is 0 Å². The maximum absolute atomic E-state index is 11.6. The van der Waals surface area contributed by atoms with E-state index in [1.165, 1.54) is 31.0 Å². The fourth-order valence-electron chi connectivity index (χ4n) is 3.42. The van der Waals surface area contributed by atoms with Crippen molar-refractivity contribution in [3.8, 4) is 0 Å². The van der Waals surface area contributed by atoms with E-state index in [1.807, 2.05) is 11.8 Å². The van der Waals surface area contributed by atoms with Gasteiger partial charge in [0, 0.05) is 36.4 Å². The van der Waals surface area contributed by atoms with E-state index in [1.54, 1.807) is 0 Å². The van der Waals surface area contributed by atoms with Crippen molar-refractivity contribution in [3.63, 3.8) is 0 Å². The van der Waals surface area contributed by atoms with Gasteiger partial charge in [0.2, 0.25) is 0 Å². The van der Waals surface area contributed by atoms with E-state index in [0.717, 1.165) is 12.8 Å². The minimum Gasteiger partial charge on any atom is -0.315 e. The van der Waals surface area contributed by atoms with Crippen LogP contribution < -0.4 is 5.32 Å². The zero-order chi connectivity index (χ0) is 12.5. The average molecular weight is 255 g/mol. The van der Waals surface area contributed by atoms with Crippen LogP contribution in [0.3, 0.4) is 0 Å². The summed E-state index contributed by atoms with van der Waals surface area (Å²) in [5.41, 5.74) is 0.307. The normalized spacial score (nSPS) is 38.8. The summed E-state index contributed by atoms with van der Waals surface area (Å²) >= 11 is 2.03. The molecule has 2 atom stereocenters. The number of carbonyl (C=O) groups is 1. The molecule has 2 unspecified atom stereocenters. The fourth-order valence-corrected chi connectivity index (χ4v) is 4.20. The Morgan fingerprint density at radius 1 is 1.24 bits per heavy atom. The molecule has 2 aliphatic carbocycles. The molecular formula is C14H25NOS. The Labute approximate surface area is 109 Å². The fraction of sp³-hybridized carbons (Fsp3) is 0.929. The number of rotatable bonds is 0. The summed E-state index contributed by atoms with van der Waals surface area (Å²) in [6.07, 6.45) is 3.25. The van der Waals surface area contributed by atoms with Gasteiger partial charge in [0.15, 0.2) is 0 Å². The van der Waals surface area contributed by atoms with Crippen molar-refractivity contribution in [2.24, 2.45) is 16.7 Å². The lowest BCUT2D eigenvalue weighted by atomic mass is 9.70. The van der Waals surface area contributed by atoms with Gasteiger partial charge < -0.3 is 5.32 Å². The molecule has 3 aliphatic rings. The first-order valence-corrected chi connectivity index (χ1v) is 7.96. The highest BCUT2D eigenvalue weighted by Crippen LogP contribution is 2.63. The largest absolute Gasteiger partial charge is 0.315 e. The number of nitrogens with one attached hydrogen (secondary N) is 1. The third-order valence-corrected chi connectivity index (χ3v) is 6.31. The first-order chi connectivity index (χ1) is 7.98. The Kier molecular flexibility index (Phi) is 3.89. The van der Waals surface area contributed by atoms with Gasteiger partial charge in [-0.2, -0.15) is 11.8 Å². The quantitative estimate of drug-likeness (QED) is 0.721. The van der Waals surface area contributed by atoms with Gasteiger partial charge in [0.25, 0.3) is 0 Å². The van der Waals surface area contributed by atoms with Crippen LogP contribution in [0.25, 0.3) is 0 Å². The van der Waals surface area contributed by atoms with Gasteiger partial charge in [-0.05, 0) is 24.2 Å². The van der Waals surface area contributed by atoms with Gasteiger partial charge >= 0.3 is 0 Å². The van der Waals surface area contributed by atoms with Gasteiger partial charge in [0.1, 0.15) is 5.78 Å². The molecule has 2 bridgehead atoms. The van der Waals surface area contributed by atoms with Crippen LogP contribution in [-0.2, 0) is 4.79 Å². The highest BCUT2D eigenvalue weighted by Gasteiger charge is 2.61. The molecule has 0 aromatic heterocycles. The predicted molar refractivity (Wildman–Crippen MR) is 74.4 cm³/mol. The van der Waals surface area contributed by atoms with E-state index in [-0.39, 0.29) is 10.8 Å². The molecule has 3 rings (SSSR count). The summed E-state index contributed by atoms with van der Waals surface area (Å²) < 4.78 is 0. The molecule has 17 heavy (non-hydrogen) atoms. The van der Waals surface area contributed by atoms with Crippen molar-refractivity contribution in [2.75, 3.05) is 24.6 Å². The minimum atomic E-state index is 0.0255. The molecule has 2 saturated carbocycles. The molecule has 3 heteroatoms. The van der Waals surface area contributed by atoms with Crippen LogP contribution in [0.4, 0.5) is 0 Å². The molecule has 1 heterocycles. The summed E-state index contributed by atoms with van der Waals surface area (Å²) in [4.78, 5) is 11.6. The number of Topliss-reactive ketones (excluding diaryl/α,β-unsaturated/α-hetero) is 1. The maximum atomic E-state index is 11.6. The van der Waals surface area contributed by atoms with Crippen molar-refractivity contribution in [1.82, 2.24) is 5.32 Å². The van der Waals surface area contributed by atoms with Gasteiger partial charge in [-0.25, -0.2) is 0 Å². The van der Waals surface area contributed by atoms with E-state index >= 15 is 0 Å². The molecule has 1 saturated heterocycles. The van der Waals surface area contributed by atoms with E-state index < -0.39 is 0 Å². The van der Waals surface area contributed by atoms with Crippen molar-refractivity contribution in [3.05, 3.63) is 0 Å². The first kappa shape index (κ1) is 13.4. The Bertz CT molecular complexity index is 287. The number of fused-ring (bicyclic) bond motifs is 2. The first-order valence-electron chi connectivity index (χ1n) is 6.80. The van der Waals surface area contributed by atoms with Crippen LogP contribution >= 0.6 is 11.8 Å². The lowest BCUT2D eigenvalue weighted by Gasteiger charge is -2.32. The topological polar surface area (TPSA) is 29.1 Å². The lowest BCUT2D eigenvalue weighted by Crippen LogP contribution is -2.32. The molecular weight excluding hydrogens is 230 g/mol. The van der Waals surface area contributed by atoms with Crippen molar-refractivity contribution >= 4 is 17.5 Å². The van der Waals surface area contributed by atoms with E-state index in [0.29, 0.717) is 11.7 Å². The van der Waals surface area contributed by atoms with Crippen LogP contribution in [0.1, 0.15) is 40.0 Å². The summed E-state index contributed by atoms with van der Waals surface area (Å²) in [6, 6.07) is 0. The zero-order valence-electron chi connectivity index (χ0n) is 11.3. The Morgan fingerprint density at radius 2 is 1.88 bits per heavy atom. The standard InChI is InChI=1S/C10H16O.C4H9NS/c1-9(2)7-4-5-10(9,3)8(11)6-7;1-3-6-4-2-5-1/h7H,4-6H2,1-3H3;5H,1-4H2. The summed E-state index contributed by atoms with van der Waals surface area (Å²) in [5, 5.41) is 3.26. The molecule has 0 amide bonds. The van der Waals surface area contributed by atoms with E-state index in [2.05, 4.69) is 26.1 Å². The number of hydrogen-bond donors (Lipinski definition) is 1. The molecule has 0 aromatic carbocycles. The summed E-state index contributed by atoms with van der Waals surface area (Å²) in [5.74, 6) is 3.80. The van der Waals surface area contributed by atoms with Crippen LogP contribution in [0.5, 0.6) is 0 Å². The average Bonchev–Trinajstić information content (AvgIpc) is 2.65. The van der Waals surface area contributed by atoms with Crippen LogP contribution in [0.2, 0.25) is 0 Å². The maximum Gasteiger partial charge on any atom is 0.139 e. The smallest absolute Gasteiger partial charge is 0.139 e. The van der Waals surface area contributed by atoms with Gasteiger partial charge in [-0.3, -0.25) is 4.79 Å². The molecule has 1 aliphatic heterocycles. The second kappa shape index (κ2) is 4.93. The van der Waals surface area contributed by atoms with E-state index in [9.17, 15) is 4.79 Å². The second-order valence-corrected chi connectivity index (χ2v) is 7.50. The Morgan fingerprint density at radius 3 is 2.06 bits per heavy atom. The van der Waals surface area contributed by atoms with Crippen LogP contribution in [0.15, 0.2) is 0 Å². The SMILES string of the molecule is C1CSCCN1.CC12CCC(CC1=O)C2(C)C. The number of thioether (sulfide) groups is 1. The lowest BCUT2D eigenvalue weighted by molar-refractivity contribution is -0.128. The molecule has 0 aromatic rings. The predicted octanol–water partition coefficient (Wildman–Crippen LogP) is 2.72. The molecule has 0 radical (unpaired) electrons. The summed E-state index contributed by atoms with van der Waals surface area (Å²) in [7, 11) is 0. The number of ketones is 1. The van der Waals surface area contributed by atoms with Crippen molar-refractivity contribution in [2.45, 2.75) is 40.0 Å². The van der Waals surface area contributed by atoms with Gasteiger partial charge in [-0.1, -0.05) is 20.8 Å². The minimum absolute atomic E-state index is 0.0255. The third kappa shape index (κ3) is 2.28. The Balaban J connectivity index is 0.000000153. The Hall–Kier alpha value is -0.0200. The molecule has 2 nitrogen and oxygen atoms in total. The highest BCUT2D eigenvalue weighted by atomic mass is 32.2. The summed E-state index contributed by atoms with van der Waals surface area (Å²) in [6.45, 7) is 9.10. The van der Waals surface area contributed by atoms with Crippen molar-refractivity contribution < 1.29 is 4.79 Å². The van der Waals surface area contributed by atoms with Crippen molar-refractivity contribution in [1.29, 1.82) is 0 Å². The molecule has 3 fully saturated rings. The monoisotopic (exact) mass is 255 g/mol. The van der Waals surface area contributed by atoms with Crippen LogP contribution in [0, 0.1) is 16.7 Å². The third-order valence-electron chi connectivity index (χ3n) is 5.33. The molecule has 0 spiro atoms. The molecule has 98 valence electrons. The van der Waals surface area contributed by atoms with Crippen LogP contribution in [-0.4, -0.2) is 30.4 Å². The number of carbonyl (C=O) groups excluding carboxylic acids is 1.